The second kappa shape index (κ2) is 8.23. The molecule has 154 valence electrons. The molecule has 0 atom stereocenters. The first-order valence-electron chi connectivity index (χ1n) is 8.84. The van der Waals surface area contributed by atoms with Gasteiger partial charge < -0.3 is 0 Å². The molecule has 0 bridgehead atoms. The molecule has 0 amide bonds. The van der Waals surface area contributed by atoms with Crippen molar-refractivity contribution in [2.45, 2.75) is 23.6 Å². The van der Waals surface area contributed by atoms with Gasteiger partial charge >= 0.3 is 6.18 Å². The Kier molecular flexibility index (Phi) is 5.66. The van der Waals surface area contributed by atoms with Crippen LogP contribution in [0, 0.1) is 5.82 Å². The minimum atomic E-state index is -4.48. The molecular weight excluding hydrogens is 436 g/mol. The number of rotatable bonds is 5. The van der Waals surface area contributed by atoms with Gasteiger partial charge in [0.2, 0.25) is 0 Å². The van der Waals surface area contributed by atoms with Crippen LogP contribution in [0.1, 0.15) is 16.7 Å². The second-order valence-corrected chi connectivity index (χ2v) is 8.31. The van der Waals surface area contributed by atoms with Crippen LogP contribution in [-0.2, 0) is 18.5 Å². The zero-order valence-electron chi connectivity index (χ0n) is 15.3. The van der Waals surface area contributed by atoms with Crippen molar-refractivity contribution in [2.24, 2.45) is 0 Å². The van der Waals surface area contributed by atoms with Gasteiger partial charge in [0.25, 0.3) is 5.56 Å². The van der Waals surface area contributed by atoms with Crippen molar-refractivity contribution in [1.29, 1.82) is 0 Å². The van der Waals surface area contributed by atoms with Crippen LogP contribution >= 0.6 is 23.1 Å². The molecule has 4 rings (SSSR count). The molecule has 2 aromatic heterocycles. The summed E-state index contributed by atoms with van der Waals surface area (Å²) in [6, 6.07) is 13.0. The van der Waals surface area contributed by atoms with Crippen LogP contribution in [0.15, 0.2) is 69.9 Å². The molecule has 0 saturated heterocycles. The molecule has 0 fully saturated rings. The van der Waals surface area contributed by atoms with Crippen LogP contribution in [-0.4, -0.2) is 9.55 Å². The maximum absolute atomic E-state index is 14.2. The maximum Gasteiger partial charge on any atom is 0.416 e. The first-order valence-corrected chi connectivity index (χ1v) is 10.7. The summed E-state index contributed by atoms with van der Waals surface area (Å²) < 4.78 is 55.8. The number of fused-ring (bicyclic) bond motifs is 1. The van der Waals surface area contributed by atoms with Gasteiger partial charge in [0, 0.05) is 11.3 Å². The Morgan fingerprint density at radius 3 is 2.43 bits per heavy atom. The van der Waals surface area contributed by atoms with E-state index < -0.39 is 17.6 Å². The number of alkyl halides is 3. The van der Waals surface area contributed by atoms with Crippen molar-refractivity contribution in [1.82, 2.24) is 9.55 Å². The Balaban J connectivity index is 1.74. The molecule has 3 nitrogen and oxygen atoms in total. The smallest absolute Gasteiger partial charge is 0.282 e. The van der Waals surface area contributed by atoms with E-state index in [0.717, 1.165) is 17.8 Å². The molecule has 0 spiro atoms. The highest BCUT2D eigenvalue weighted by atomic mass is 32.2. The highest BCUT2D eigenvalue weighted by Crippen LogP contribution is 2.34. The minimum Gasteiger partial charge on any atom is -0.282 e. The number of benzene rings is 2. The third-order valence-corrected chi connectivity index (χ3v) is 6.41. The van der Waals surface area contributed by atoms with Crippen LogP contribution in [0.25, 0.3) is 10.2 Å². The van der Waals surface area contributed by atoms with Gasteiger partial charge in [-0.2, -0.15) is 13.2 Å². The Hall–Kier alpha value is -2.65. The predicted molar refractivity (Wildman–Crippen MR) is 110 cm³/mol. The molecule has 0 N–H and O–H groups in total. The minimum absolute atomic E-state index is 0.0327. The van der Waals surface area contributed by atoms with E-state index in [1.165, 1.54) is 40.2 Å². The van der Waals surface area contributed by atoms with Gasteiger partial charge in [0.15, 0.2) is 5.16 Å². The van der Waals surface area contributed by atoms with E-state index in [0.29, 0.717) is 15.8 Å². The SMILES string of the molecule is O=c1c2sccc2nc(SCc2ccccc2C(F)(F)F)n1Cc1ccccc1F. The van der Waals surface area contributed by atoms with Gasteiger partial charge in [-0.3, -0.25) is 9.36 Å². The van der Waals surface area contributed by atoms with Crippen molar-refractivity contribution in [3.8, 4) is 0 Å². The Morgan fingerprint density at radius 2 is 1.70 bits per heavy atom. The summed E-state index contributed by atoms with van der Waals surface area (Å²) in [6.45, 7) is -0.0599. The monoisotopic (exact) mass is 450 g/mol. The van der Waals surface area contributed by atoms with Crippen molar-refractivity contribution in [3.63, 3.8) is 0 Å². The Bertz CT molecular complexity index is 1260. The first kappa shape index (κ1) is 20.6. The number of halogens is 4. The average molecular weight is 450 g/mol. The Labute approximate surface area is 177 Å². The highest BCUT2D eigenvalue weighted by molar-refractivity contribution is 7.98. The Morgan fingerprint density at radius 1 is 1.00 bits per heavy atom. The van der Waals surface area contributed by atoms with E-state index in [4.69, 9.17) is 0 Å². The van der Waals surface area contributed by atoms with Crippen molar-refractivity contribution >= 4 is 33.3 Å². The molecule has 0 unspecified atom stereocenters. The summed E-state index contributed by atoms with van der Waals surface area (Å²) in [5, 5.41) is 1.96. The topological polar surface area (TPSA) is 34.9 Å². The highest BCUT2D eigenvalue weighted by Gasteiger charge is 2.32. The summed E-state index contributed by atoms with van der Waals surface area (Å²) in [7, 11) is 0. The average Bonchev–Trinajstić information content (AvgIpc) is 3.18. The fraction of sp³-hybridized carbons (Fsp3) is 0.143. The standard InChI is InChI=1S/C21H14F4N2OS2/c22-16-8-4-2-5-13(16)11-27-19(28)18-17(9-10-29-18)26-20(27)30-12-14-6-1-3-7-15(14)21(23,24)25/h1-10H,11-12H2. The number of aromatic nitrogens is 2. The summed E-state index contributed by atoms with van der Waals surface area (Å²) in [5.41, 5.74) is -0.203. The predicted octanol–water partition coefficient (Wildman–Crippen LogP) is 5.96. The van der Waals surface area contributed by atoms with E-state index in [2.05, 4.69) is 4.98 Å². The van der Waals surface area contributed by atoms with Crippen molar-refractivity contribution < 1.29 is 17.6 Å². The molecule has 0 aliphatic carbocycles. The van der Waals surface area contributed by atoms with Crippen molar-refractivity contribution in [2.75, 3.05) is 0 Å². The van der Waals surface area contributed by atoms with Crippen molar-refractivity contribution in [3.05, 3.63) is 92.8 Å². The first-order chi connectivity index (χ1) is 14.3. The maximum atomic E-state index is 14.2. The fourth-order valence-corrected chi connectivity index (χ4v) is 4.82. The van der Waals surface area contributed by atoms with Crippen LogP contribution in [0.4, 0.5) is 17.6 Å². The molecule has 2 heterocycles. The number of hydrogen-bond donors (Lipinski definition) is 0. The third kappa shape index (κ3) is 4.13. The quantitative estimate of drug-likeness (QED) is 0.214. The zero-order valence-corrected chi connectivity index (χ0v) is 17.0. The van der Waals surface area contributed by atoms with Gasteiger partial charge in [-0.05, 0) is 29.1 Å². The number of thioether (sulfide) groups is 1. The normalized spacial score (nSPS) is 11.9. The summed E-state index contributed by atoms with van der Waals surface area (Å²) in [4.78, 5) is 17.4. The lowest BCUT2D eigenvalue weighted by atomic mass is 10.1. The van der Waals surface area contributed by atoms with Gasteiger partial charge in [-0.1, -0.05) is 48.2 Å². The lowest BCUT2D eigenvalue weighted by Gasteiger charge is -2.15. The number of hydrogen-bond acceptors (Lipinski definition) is 4. The van der Waals surface area contributed by atoms with Crippen LogP contribution in [0.3, 0.4) is 0 Å². The molecular formula is C21H14F4N2OS2. The van der Waals surface area contributed by atoms with Crippen LogP contribution in [0.2, 0.25) is 0 Å². The van der Waals surface area contributed by atoms with E-state index in [9.17, 15) is 22.4 Å². The largest absolute Gasteiger partial charge is 0.416 e. The van der Waals surface area contributed by atoms with Gasteiger partial charge in [0.05, 0.1) is 17.6 Å². The molecule has 9 heteroatoms. The summed E-state index contributed by atoms with van der Waals surface area (Å²) >= 11 is 2.25. The lowest BCUT2D eigenvalue weighted by Crippen LogP contribution is -2.23. The van der Waals surface area contributed by atoms with Gasteiger partial charge in [-0.25, -0.2) is 9.37 Å². The lowest BCUT2D eigenvalue weighted by molar-refractivity contribution is -0.138. The molecule has 0 aliphatic heterocycles. The third-order valence-electron chi connectivity index (χ3n) is 4.50. The number of nitrogens with zero attached hydrogens (tertiary/aromatic N) is 2. The van der Waals surface area contributed by atoms with Gasteiger partial charge in [0.1, 0.15) is 10.5 Å². The molecule has 2 aromatic carbocycles. The van der Waals surface area contributed by atoms with E-state index in [-0.39, 0.29) is 28.6 Å². The van der Waals surface area contributed by atoms with Crippen LogP contribution in [0.5, 0.6) is 0 Å². The van der Waals surface area contributed by atoms with E-state index in [1.54, 1.807) is 29.6 Å². The zero-order chi connectivity index (χ0) is 21.3. The number of thiophene rings is 1. The second-order valence-electron chi connectivity index (χ2n) is 6.46. The summed E-state index contributed by atoms with van der Waals surface area (Å²) in [5.74, 6) is -0.497. The summed E-state index contributed by atoms with van der Waals surface area (Å²) in [6.07, 6.45) is -4.48. The molecule has 0 aliphatic rings. The van der Waals surface area contributed by atoms with Crippen LogP contribution < -0.4 is 5.56 Å². The van der Waals surface area contributed by atoms with Gasteiger partial charge in [-0.15, -0.1) is 11.3 Å². The fourth-order valence-electron chi connectivity index (χ4n) is 3.04. The molecule has 30 heavy (non-hydrogen) atoms. The van der Waals surface area contributed by atoms with E-state index in [1.807, 2.05) is 0 Å². The molecule has 0 saturated carbocycles. The molecule has 0 radical (unpaired) electrons. The molecule has 4 aromatic rings. The van der Waals surface area contributed by atoms with E-state index >= 15 is 0 Å².